The second-order valence-electron chi connectivity index (χ2n) is 8.50. The molecule has 0 spiro atoms. The van der Waals surface area contributed by atoms with E-state index in [4.69, 9.17) is 4.74 Å². The van der Waals surface area contributed by atoms with Crippen molar-refractivity contribution in [3.8, 4) is 5.88 Å². The maximum atomic E-state index is 12.8. The fourth-order valence-electron chi connectivity index (χ4n) is 4.59. The first-order valence-corrected chi connectivity index (χ1v) is 11.1. The number of H-pyrrole nitrogens is 1. The summed E-state index contributed by atoms with van der Waals surface area (Å²) in [6.07, 6.45) is 0.838. The second kappa shape index (κ2) is 7.62. The highest BCUT2D eigenvalue weighted by Gasteiger charge is 2.27. The molecule has 10 heteroatoms. The van der Waals surface area contributed by atoms with Gasteiger partial charge in [-0.2, -0.15) is 5.10 Å². The fraction of sp³-hybridized carbons (Fsp3) is 0.250. The zero-order chi connectivity index (χ0) is 23.4. The van der Waals surface area contributed by atoms with Crippen molar-refractivity contribution in [1.82, 2.24) is 24.6 Å². The molecule has 0 saturated carbocycles. The van der Waals surface area contributed by atoms with E-state index in [1.54, 1.807) is 24.1 Å². The molecule has 6 rings (SSSR count). The number of pyridine rings is 1. The first-order chi connectivity index (χ1) is 16.5. The monoisotopic (exact) mass is 457 g/mol. The number of methoxy groups -OCH3 is 1. The van der Waals surface area contributed by atoms with E-state index in [1.165, 1.54) is 0 Å². The number of fused-ring (bicyclic) bond motifs is 3. The van der Waals surface area contributed by atoms with Crippen LogP contribution >= 0.6 is 0 Å². The van der Waals surface area contributed by atoms with Gasteiger partial charge in [0.1, 0.15) is 11.5 Å². The van der Waals surface area contributed by atoms with Gasteiger partial charge >= 0.3 is 0 Å². The molecule has 2 aliphatic rings. The molecular formula is C24H23N7O3. The molecule has 10 nitrogen and oxygen atoms in total. The number of hydrogen-bond donors (Lipinski definition) is 2. The molecule has 5 heterocycles. The van der Waals surface area contributed by atoms with Crippen molar-refractivity contribution < 1.29 is 14.3 Å². The molecule has 0 radical (unpaired) electrons. The van der Waals surface area contributed by atoms with Crippen molar-refractivity contribution in [3.63, 3.8) is 0 Å². The molecule has 0 saturated heterocycles. The van der Waals surface area contributed by atoms with Gasteiger partial charge in [-0.15, -0.1) is 0 Å². The summed E-state index contributed by atoms with van der Waals surface area (Å²) in [6.45, 7) is 2.21. The molecule has 0 bridgehead atoms. The number of likely N-dealkylation sites (N-methyl/N-ethyl adjacent to an activating group) is 1. The molecule has 34 heavy (non-hydrogen) atoms. The van der Waals surface area contributed by atoms with Crippen molar-refractivity contribution >= 4 is 40.2 Å². The van der Waals surface area contributed by atoms with Gasteiger partial charge in [-0.1, -0.05) is 0 Å². The number of ether oxygens (including phenoxy) is 1. The summed E-state index contributed by atoms with van der Waals surface area (Å²) in [4.78, 5) is 36.6. The van der Waals surface area contributed by atoms with Crippen LogP contribution in [0.2, 0.25) is 0 Å². The number of aromatic amines is 1. The first kappa shape index (κ1) is 20.3. The van der Waals surface area contributed by atoms with Gasteiger partial charge in [-0.05, 0) is 42.3 Å². The van der Waals surface area contributed by atoms with Crippen LogP contribution in [-0.2, 0) is 13.0 Å². The van der Waals surface area contributed by atoms with E-state index < -0.39 is 0 Å². The smallest absolute Gasteiger partial charge is 0.273 e. The number of rotatable bonds is 4. The lowest BCUT2D eigenvalue weighted by Crippen LogP contribution is -2.34. The fourth-order valence-corrected chi connectivity index (χ4v) is 4.59. The second-order valence-corrected chi connectivity index (χ2v) is 8.50. The van der Waals surface area contributed by atoms with Crippen LogP contribution in [0, 0.1) is 0 Å². The quantitative estimate of drug-likeness (QED) is 0.488. The molecule has 2 N–H and O–H groups in total. The van der Waals surface area contributed by atoms with Crippen molar-refractivity contribution in [2.45, 2.75) is 13.0 Å². The Morgan fingerprint density at radius 3 is 2.85 bits per heavy atom. The molecule has 1 aromatic carbocycles. The highest BCUT2D eigenvalue weighted by molar-refractivity contribution is 6.05. The molecular weight excluding hydrogens is 434 g/mol. The predicted octanol–water partition coefficient (Wildman–Crippen LogP) is 2.80. The topological polar surface area (TPSA) is 108 Å². The zero-order valence-corrected chi connectivity index (χ0v) is 18.8. The number of nitrogens with one attached hydrogen (secondary N) is 2. The Labute approximate surface area is 195 Å². The lowest BCUT2D eigenvalue weighted by atomic mass is 9.98. The summed E-state index contributed by atoms with van der Waals surface area (Å²) in [7, 11) is 3.38. The summed E-state index contributed by atoms with van der Waals surface area (Å²) < 4.78 is 7.03. The Morgan fingerprint density at radius 1 is 1.12 bits per heavy atom. The summed E-state index contributed by atoms with van der Waals surface area (Å²) in [6, 6.07) is 13.1. The average molecular weight is 457 g/mol. The summed E-state index contributed by atoms with van der Waals surface area (Å²) >= 11 is 0. The van der Waals surface area contributed by atoms with Crippen molar-refractivity contribution in [3.05, 3.63) is 59.3 Å². The van der Waals surface area contributed by atoms with Crippen molar-refractivity contribution in [2.75, 3.05) is 37.5 Å². The molecule has 0 atom stereocenters. The molecule has 2 aliphatic heterocycles. The predicted molar refractivity (Wildman–Crippen MR) is 127 cm³/mol. The number of hydrogen-bond acceptors (Lipinski definition) is 6. The lowest BCUT2D eigenvalue weighted by molar-refractivity contribution is 0.0780. The minimum Gasteiger partial charge on any atom is -0.481 e. The number of amides is 2. The van der Waals surface area contributed by atoms with Crippen LogP contribution in [0.1, 0.15) is 26.4 Å². The molecule has 4 aromatic rings. The molecule has 2 amide bonds. The van der Waals surface area contributed by atoms with E-state index in [0.717, 1.165) is 47.7 Å². The zero-order valence-electron chi connectivity index (χ0n) is 18.8. The number of benzene rings is 1. The van der Waals surface area contributed by atoms with Gasteiger partial charge in [0, 0.05) is 43.5 Å². The number of anilines is 3. The Kier molecular flexibility index (Phi) is 4.54. The number of carbonyl (C=O) groups is 2. The Bertz CT molecular complexity index is 1450. The molecule has 172 valence electrons. The molecule has 0 aliphatic carbocycles. The van der Waals surface area contributed by atoms with E-state index in [2.05, 4.69) is 31.3 Å². The summed E-state index contributed by atoms with van der Waals surface area (Å²) in [5.74, 6) is 1.63. The minimum atomic E-state index is -0.295. The van der Waals surface area contributed by atoms with Crippen LogP contribution in [0.15, 0.2) is 42.5 Å². The van der Waals surface area contributed by atoms with Gasteiger partial charge in [0.2, 0.25) is 5.88 Å². The number of aromatic nitrogens is 4. The van der Waals surface area contributed by atoms with E-state index in [1.807, 2.05) is 36.0 Å². The van der Waals surface area contributed by atoms with Crippen LogP contribution in [0.3, 0.4) is 0 Å². The largest absolute Gasteiger partial charge is 0.481 e. The number of carbonyl (C=O) groups excluding carboxylic acids is 2. The average Bonchev–Trinajstić information content (AvgIpc) is 3.54. The van der Waals surface area contributed by atoms with Crippen LogP contribution in [0.25, 0.3) is 11.0 Å². The first-order valence-electron chi connectivity index (χ1n) is 11.1. The van der Waals surface area contributed by atoms with Crippen LogP contribution in [0.5, 0.6) is 5.88 Å². The third-order valence-corrected chi connectivity index (χ3v) is 6.41. The van der Waals surface area contributed by atoms with Crippen LogP contribution in [0.4, 0.5) is 17.3 Å². The third-order valence-electron chi connectivity index (χ3n) is 6.41. The Morgan fingerprint density at radius 2 is 2.00 bits per heavy atom. The van der Waals surface area contributed by atoms with E-state index in [-0.39, 0.29) is 11.8 Å². The van der Waals surface area contributed by atoms with Gasteiger partial charge in [0.25, 0.3) is 11.8 Å². The summed E-state index contributed by atoms with van der Waals surface area (Å²) in [5, 5.41) is 7.43. The third kappa shape index (κ3) is 3.26. The molecule has 3 aromatic heterocycles. The van der Waals surface area contributed by atoms with E-state index in [0.29, 0.717) is 29.5 Å². The van der Waals surface area contributed by atoms with Gasteiger partial charge in [-0.3, -0.25) is 9.59 Å². The minimum absolute atomic E-state index is 0.0647. The van der Waals surface area contributed by atoms with Crippen LogP contribution in [-0.4, -0.2) is 63.7 Å². The van der Waals surface area contributed by atoms with Gasteiger partial charge in [0.15, 0.2) is 5.82 Å². The van der Waals surface area contributed by atoms with Gasteiger partial charge < -0.3 is 24.8 Å². The standard InChI is InChI=1S/C24H23N7O3/c1-29-8-7-14-11-15(3-4-16(14)24(29)33)30-9-10-31-22(30)13-20(28-31)27-23(32)19-12-18-17(25-19)5-6-21(26-18)34-2/h3-6,11-13,25H,7-10H2,1-2H3,(H,27,28,32). The van der Waals surface area contributed by atoms with Crippen molar-refractivity contribution in [2.24, 2.45) is 0 Å². The normalized spacial score (nSPS) is 14.9. The maximum Gasteiger partial charge on any atom is 0.273 e. The molecule has 0 fully saturated rings. The van der Waals surface area contributed by atoms with Crippen LogP contribution < -0.4 is 15.0 Å². The molecule has 0 unspecified atom stereocenters. The summed E-state index contributed by atoms with van der Waals surface area (Å²) in [5.41, 5.74) is 4.65. The van der Waals surface area contributed by atoms with Gasteiger partial charge in [0.05, 0.1) is 24.7 Å². The SMILES string of the molecule is COc1ccc2[nH]c(C(=O)Nc3cc4n(n3)CCN4c3ccc4c(c3)CCN(C)C4=O)cc2n1. The van der Waals surface area contributed by atoms with E-state index >= 15 is 0 Å². The Hall–Kier alpha value is -4.34. The van der Waals surface area contributed by atoms with E-state index in [9.17, 15) is 9.59 Å². The highest BCUT2D eigenvalue weighted by Crippen LogP contribution is 2.34. The Balaban J connectivity index is 1.23. The lowest BCUT2D eigenvalue weighted by Gasteiger charge is -2.26. The van der Waals surface area contributed by atoms with Gasteiger partial charge in [-0.25, -0.2) is 9.67 Å². The highest BCUT2D eigenvalue weighted by atomic mass is 16.5. The van der Waals surface area contributed by atoms with Crippen molar-refractivity contribution in [1.29, 1.82) is 0 Å². The maximum absolute atomic E-state index is 12.8. The number of nitrogens with zero attached hydrogens (tertiary/aromatic N) is 5.